The van der Waals surface area contributed by atoms with Gasteiger partial charge < -0.3 is 0 Å². The molecule has 1 aromatic carbocycles. The molecule has 1 aliphatic carbocycles. The Hall–Kier alpha value is -2.02. The molecule has 1 aliphatic rings. The zero-order valence-electron chi connectivity index (χ0n) is 11.4. The molecule has 2 rings (SSSR count). The molecule has 0 aromatic heterocycles. The molecule has 0 aliphatic heterocycles. The number of benzene rings is 1. The lowest BCUT2D eigenvalue weighted by Gasteiger charge is -2.39. The zero-order chi connectivity index (χ0) is 14.3. The molecule has 4 heteroatoms. The zero-order valence-corrected chi connectivity index (χ0v) is 11.4. The van der Waals surface area contributed by atoms with Crippen LogP contribution in [-0.4, -0.2) is 18.3 Å². The minimum absolute atomic E-state index is 0.256. The molecule has 0 spiro atoms. The van der Waals surface area contributed by atoms with Gasteiger partial charge in [-0.3, -0.25) is 0 Å². The maximum absolute atomic E-state index is 10.6. The fraction of sp³-hybridized carbons (Fsp3) is 0.500. The molecule has 1 aromatic rings. The third kappa shape index (κ3) is 3.30. The molecule has 0 atom stereocenters. The van der Waals surface area contributed by atoms with Crippen molar-refractivity contribution in [3.63, 3.8) is 0 Å². The minimum Gasteiger partial charge on any atom is -0.211 e. The minimum atomic E-state index is -0.655. The third-order valence-corrected chi connectivity index (χ3v) is 4.15. The maximum Gasteiger partial charge on any atom is 0.237 e. The van der Waals surface area contributed by atoms with E-state index in [1.54, 1.807) is 12.2 Å². The van der Waals surface area contributed by atoms with Crippen molar-refractivity contribution in [3.8, 4) is 0 Å². The summed E-state index contributed by atoms with van der Waals surface area (Å²) in [4.78, 5) is 28.8. The molecular formula is C16H18N2O2. The van der Waals surface area contributed by atoms with E-state index in [1.807, 2.05) is 18.2 Å². The highest BCUT2D eigenvalue weighted by Gasteiger charge is 2.40. The van der Waals surface area contributed by atoms with Crippen LogP contribution in [0.15, 0.2) is 40.3 Å². The fourth-order valence-corrected chi connectivity index (χ4v) is 3.19. The number of nitrogens with zero attached hydrogens (tertiary/aromatic N) is 2. The van der Waals surface area contributed by atoms with Gasteiger partial charge in [-0.1, -0.05) is 49.6 Å². The molecule has 0 amide bonds. The van der Waals surface area contributed by atoms with Crippen molar-refractivity contribution in [2.45, 2.75) is 44.7 Å². The summed E-state index contributed by atoms with van der Waals surface area (Å²) < 4.78 is 0. The predicted molar refractivity (Wildman–Crippen MR) is 75.7 cm³/mol. The summed E-state index contributed by atoms with van der Waals surface area (Å²) in [6, 6.07) is 10.1. The SMILES string of the molecule is O=C=NC(N=C=O)C1(Cc2ccccc2)CCCCC1. The average molecular weight is 270 g/mol. The molecule has 0 saturated heterocycles. The largest absolute Gasteiger partial charge is 0.237 e. The van der Waals surface area contributed by atoms with Gasteiger partial charge in [-0.2, -0.15) is 9.98 Å². The monoisotopic (exact) mass is 270 g/mol. The predicted octanol–water partition coefficient (Wildman–Crippen LogP) is 3.18. The second-order valence-electron chi connectivity index (χ2n) is 5.40. The van der Waals surface area contributed by atoms with E-state index in [4.69, 9.17) is 0 Å². The fourth-order valence-electron chi connectivity index (χ4n) is 3.19. The van der Waals surface area contributed by atoms with Gasteiger partial charge in [-0.05, 0) is 24.8 Å². The molecular weight excluding hydrogens is 252 g/mol. The van der Waals surface area contributed by atoms with Crippen LogP contribution in [0.5, 0.6) is 0 Å². The Labute approximate surface area is 118 Å². The van der Waals surface area contributed by atoms with Crippen molar-refractivity contribution in [1.29, 1.82) is 0 Å². The lowest BCUT2D eigenvalue weighted by atomic mass is 9.68. The molecule has 0 radical (unpaired) electrons. The van der Waals surface area contributed by atoms with E-state index >= 15 is 0 Å². The molecule has 104 valence electrons. The van der Waals surface area contributed by atoms with Gasteiger partial charge in [0.05, 0.1) is 0 Å². The molecule has 20 heavy (non-hydrogen) atoms. The Morgan fingerprint density at radius 1 is 1.00 bits per heavy atom. The van der Waals surface area contributed by atoms with E-state index in [0.717, 1.165) is 32.1 Å². The topological polar surface area (TPSA) is 58.9 Å². The van der Waals surface area contributed by atoms with Gasteiger partial charge in [0.25, 0.3) is 0 Å². The van der Waals surface area contributed by atoms with Crippen LogP contribution >= 0.6 is 0 Å². The van der Waals surface area contributed by atoms with Crippen LogP contribution in [0.1, 0.15) is 37.7 Å². The highest BCUT2D eigenvalue weighted by atomic mass is 16.1. The molecule has 0 unspecified atom stereocenters. The van der Waals surface area contributed by atoms with E-state index in [1.165, 1.54) is 12.0 Å². The van der Waals surface area contributed by atoms with E-state index < -0.39 is 6.17 Å². The summed E-state index contributed by atoms with van der Waals surface area (Å²) in [6.07, 6.45) is 8.41. The Balaban J connectivity index is 2.33. The summed E-state index contributed by atoms with van der Waals surface area (Å²) in [5.41, 5.74) is 0.927. The number of hydrogen-bond acceptors (Lipinski definition) is 4. The Bertz CT molecular complexity index is 505. The van der Waals surface area contributed by atoms with Crippen molar-refractivity contribution in [1.82, 2.24) is 0 Å². The van der Waals surface area contributed by atoms with E-state index in [-0.39, 0.29) is 5.41 Å². The normalized spacial score (nSPS) is 18.4. The van der Waals surface area contributed by atoms with Crippen LogP contribution < -0.4 is 0 Å². The lowest BCUT2D eigenvalue weighted by Crippen LogP contribution is -2.37. The smallest absolute Gasteiger partial charge is 0.211 e. The highest BCUT2D eigenvalue weighted by molar-refractivity contribution is 5.38. The van der Waals surface area contributed by atoms with Gasteiger partial charge in [0, 0.05) is 5.41 Å². The first-order valence-corrected chi connectivity index (χ1v) is 6.99. The van der Waals surface area contributed by atoms with Crippen LogP contribution in [0, 0.1) is 5.41 Å². The van der Waals surface area contributed by atoms with Crippen molar-refractivity contribution < 1.29 is 9.59 Å². The van der Waals surface area contributed by atoms with Crippen molar-refractivity contribution in [2.75, 3.05) is 0 Å². The average Bonchev–Trinajstić information content (AvgIpc) is 2.49. The molecule has 0 bridgehead atoms. The second-order valence-corrected chi connectivity index (χ2v) is 5.40. The Kier molecular flexibility index (Phi) is 5.00. The first kappa shape index (κ1) is 14.4. The summed E-state index contributed by atoms with van der Waals surface area (Å²) in [7, 11) is 0. The number of aliphatic imine (C=N–C) groups is 2. The number of hydrogen-bond donors (Lipinski definition) is 0. The second kappa shape index (κ2) is 6.95. The van der Waals surface area contributed by atoms with Gasteiger partial charge in [-0.15, -0.1) is 0 Å². The summed E-state index contributed by atoms with van der Waals surface area (Å²) >= 11 is 0. The van der Waals surface area contributed by atoms with Gasteiger partial charge in [-0.25, -0.2) is 9.59 Å². The van der Waals surface area contributed by atoms with Crippen molar-refractivity contribution in [2.24, 2.45) is 15.4 Å². The van der Waals surface area contributed by atoms with Crippen molar-refractivity contribution in [3.05, 3.63) is 35.9 Å². The third-order valence-electron chi connectivity index (χ3n) is 4.15. The number of carbonyl (C=O) groups excluding carboxylic acids is 2. The summed E-state index contributed by atoms with van der Waals surface area (Å²) in [6.45, 7) is 0. The van der Waals surface area contributed by atoms with Gasteiger partial charge >= 0.3 is 0 Å². The summed E-state index contributed by atoms with van der Waals surface area (Å²) in [5, 5.41) is 0. The van der Waals surface area contributed by atoms with Crippen LogP contribution in [0.25, 0.3) is 0 Å². The van der Waals surface area contributed by atoms with Gasteiger partial charge in [0.1, 0.15) is 0 Å². The van der Waals surface area contributed by atoms with Crippen LogP contribution in [0.4, 0.5) is 0 Å². The molecule has 1 saturated carbocycles. The van der Waals surface area contributed by atoms with Crippen LogP contribution in [0.2, 0.25) is 0 Å². The molecule has 0 heterocycles. The van der Waals surface area contributed by atoms with Crippen LogP contribution in [-0.2, 0) is 16.0 Å². The van der Waals surface area contributed by atoms with Gasteiger partial charge in [0.15, 0.2) is 6.17 Å². The maximum atomic E-state index is 10.6. The van der Waals surface area contributed by atoms with Gasteiger partial charge in [0.2, 0.25) is 12.2 Å². The number of isocyanates is 2. The standard InChI is InChI=1S/C16H18N2O2/c19-12-17-15(18-13-20)16(9-5-2-6-10-16)11-14-7-3-1-4-8-14/h1,3-4,7-8,15H,2,5-6,9-11H2. The van der Waals surface area contributed by atoms with Crippen molar-refractivity contribution >= 4 is 12.2 Å². The van der Waals surface area contributed by atoms with E-state index in [0.29, 0.717) is 0 Å². The molecule has 1 fully saturated rings. The quantitative estimate of drug-likeness (QED) is 0.609. The first-order chi connectivity index (χ1) is 9.80. The molecule has 0 N–H and O–H groups in total. The van der Waals surface area contributed by atoms with E-state index in [2.05, 4.69) is 22.1 Å². The van der Waals surface area contributed by atoms with Crippen LogP contribution in [0.3, 0.4) is 0 Å². The number of rotatable bonds is 5. The first-order valence-electron chi connectivity index (χ1n) is 6.99. The lowest BCUT2D eigenvalue weighted by molar-refractivity contribution is 0.148. The van der Waals surface area contributed by atoms with E-state index in [9.17, 15) is 9.59 Å². The molecule has 4 nitrogen and oxygen atoms in total. The Morgan fingerprint density at radius 2 is 1.60 bits per heavy atom. The highest BCUT2D eigenvalue weighted by Crippen LogP contribution is 2.43. The Morgan fingerprint density at radius 3 is 2.15 bits per heavy atom. The summed E-state index contributed by atoms with van der Waals surface area (Å²) in [5.74, 6) is 0.